The minimum atomic E-state index is -1.06. The molecule has 18 heavy (non-hydrogen) atoms. The highest BCUT2D eigenvalue weighted by Crippen LogP contribution is 2.09. The van der Waals surface area contributed by atoms with Crippen molar-refractivity contribution in [3.63, 3.8) is 0 Å². The van der Waals surface area contributed by atoms with Crippen molar-refractivity contribution in [3.8, 4) is 0 Å². The average Bonchev–Trinajstić information content (AvgIpc) is 2.27. The van der Waals surface area contributed by atoms with Crippen LogP contribution in [0.1, 0.15) is 30.8 Å². The van der Waals surface area contributed by atoms with Crippen LogP contribution < -0.4 is 5.32 Å². The lowest BCUT2D eigenvalue weighted by Gasteiger charge is -2.16. The van der Waals surface area contributed by atoms with E-state index >= 15 is 0 Å². The third-order valence-electron chi connectivity index (χ3n) is 2.27. The molecule has 1 heterocycles. The van der Waals surface area contributed by atoms with E-state index < -0.39 is 17.9 Å². The zero-order chi connectivity index (χ0) is 13.7. The third kappa shape index (κ3) is 4.33. The lowest BCUT2D eigenvalue weighted by Crippen LogP contribution is -2.41. The summed E-state index contributed by atoms with van der Waals surface area (Å²) in [4.78, 5) is 26.6. The van der Waals surface area contributed by atoms with Gasteiger partial charge in [-0.3, -0.25) is 9.78 Å². The molecule has 0 radical (unpaired) electrons. The van der Waals surface area contributed by atoms with Crippen LogP contribution in [0.25, 0.3) is 0 Å². The smallest absolute Gasteiger partial charge is 0.326 e. The van der Waals surface area contributed by atoms with E-state index in [4.69, 9.17) is 16.7 Å². The van der Waals surface area contributed by atoms with E-state index in [1.54, 1.807) is 6.07 Å². The second kappa shape index (κ2) is 6.35. The fraction of sp³-hybridized carbons (Fsp3) is 0.417. The molecule has 1 atom stereocenters. The Morgan fingerprint density at radius 3 is 2.67 bits per heavy atom. The maximum atomic E-state index is 11.8. The number of hydrogen-bond acceptors (Lipinski definition) is 3. The highest BCUT2D eigenvalue weighted by molar-refractivity contribution is 6.30. The maximum Gasteiger partial charge on any atom is 0.326 e. The monoisotopic (exact) mass is 270 g/mol. The molecule has 0 spiro atoms. The molecule has 98 valence electrons. The molecule has 0 aliphatic rings. The van der Waals surface area contributed by atoms with Crippen LogP contribution in [-0.2, 0) is 4.79 Å². The predicted octanol–water partition coefficient (Wildman–Crippen LogP) is 1.96. The predicted molar refractivity (Wildman–Crippen MR) is 67.6 cm³/mol. The number of aromatic nitrogens is 1. The van der Waals surface area contributed by atoms with E-state index in [-0.39, 0.29) is 11.6 Å². The molecule has 0 aliphatic heterocycles. The quantitative estimate of drug-likeness (QED) is 0.857. The Bertz CT molecular complexity index is 449. The van der Waals surface area contributed by atoms with Gasteiger partial charge in [-0.15, -0.1) is 0 Å². The summed E-state index contributed by atoms with van der Waals surface area (Å²) < 4.78 is 0. The fourth-order valence-electron chi connectivity index (χ4n) is 1.45. The first-order valence-corrected chi connectivity index (χ1v) is 5.93. The number of carboxylic acids is 1. The van der Waals surface area contributed by atoms with Gasteiger partial charge in [-0.25, -0.2) is 4.79 Å². The second-order valence-corrected chi connectivity index (χ2v) is 4.79. The number of carbonyl (C=O) groups is 2. The van der Waals surface area contributed by atoms with Crippen LogP contribution in [0.2, 0.25) is 5.02 Å². The topological polar surface area (TPSA) is 79.3 Å². The number of nitrogens with zero attached hydrogens (tertiary/aromatic N) is 1. The minimum absolute atomic E-state index is 0.109. The van der Waals surface area contributed by atoms with Crippen LogP contribution in [0, 0.1) is 5.92 Å². The average molecular weight is 271 g/mol. The Morgan fingerprint density at radius 2 is 2.17 bits per heavy atom. The van der Waals surface area contributed by atoms with Crippen LogP contribution >= 0.6 is 11.6 Å². The highest BCUT2D eigenvalue weighted by atomic mass is 35.5. The van der Waals surface area contributed by atoms with Gasteiger partial charge in [-0.2, -0.15) is 0 Å². The SMILES string of the molecule is CC(C)CC(NC(=O)c1cc(Cl)ccn1)C(=O)O. The summed E-state index contributed by atoms with van der Waals surface area (Å²) in [5.74, 6) is -1.43. The first-order chi connectivity index (χ1) is 8.40. The molecule has 1 amide bonds. The van der Waals surface area contributed by atoms with Gasteiger partial charge in [0.1, 0.15) is 11.7 Å². The van der Waals surface area contributed by atoms with Crippen molar-refractivity contribution in [1.29, 1.82) is 0 Å². The van der Waals surface area contributed by atoms with E-state index in [0.29, 0.717) is 11.4 Å². The Hall–Kier alpha value is -1.62. The van der Waals surface area contributed by atoms with Crippen molar-refractivity contribution in [2.75, 3.05) is 0 Å². The maximum absolute atomic E-state index is 11.8. The molecule has 0 bridgehead atoms. The number of carbonyl (C=O) groups excluding carboxylic acids is 1. The summed E-state index contributed by atoms with van der Waals surface area (Å²) >= 11 is 5.74. The Balaban J connectivity index is 2.75. The Kier molecular flexibility index (Phi) is 5.09. The first kappa shape index (κ1) is 14.4. The van der Waals surface area contributed by atoms with Crippen LogP contribution in [0.4, 0.5) is 0 Å². The largest absolute Gasteiger partial charge is 0.480 e. The molecule has 0 fully saturated rings. The summed E-state index contributed by atoms with van der Waals surface area (Å²) in [5.41, 5.74) is 0.109. The lowest BCUT2D eigenvalue weighted by molar-refractivity contribution is -0.139. The van der Waals surface area contributed by atoms with Gasteiger partial charge in [0.15, 0.2) is 0 Å². The number of pyridine rings is 1. The van der Waals surface area contributed by atoms with Gasteiger partial charge in [0.05, 0.1) is 0 Å². The fourth-order valence-corrected chi connectivity index (χ4v) is 1.61. The van der Waals surface area contributed by atoms with E-state index in [1.165, 1.54) is 12.3 Å². The molecule has 2 N–H and O–H groups in total. The van der Waals surface area contributed by atoms with Crippen molar-refractivity contribution in [1.82, 2.24) is 10.3 Å². The number of aliphatic carboxylic acids is 1. The van der Waals surface area contributed by atoms with Gasteiger partial charge >= 0.3 is 5.97 Å². The summed E-state index contributed by atoms with van der Waals surface area (Å²) in [6.45, 7) is 3.78. The van der Waals surface area contributed by atoms with Crippen molar-refractivity contribution >= 4 is 23.5 Å². The van der Waals surface area contributed by atoms with Gasteiger partial charge in [0.25, 0.3) is 5.91 Å². The number of carboxylic acid groups (broad SMARTS) is 1. The second-order valence-electron chi connectivity index (χ2n) is 4.35. The van der Waals surface area contributed by atoms with Crippen molar-refractivity contribution in [3.05, 3.63) is 29.0 Å². The standard InChI is InChI=1S/C12H15ClN2O3/c1-7(2)5-10(12(17)18)15-11(16)9-6-8(13)3-4-14-9/h3-4,6-7,10H,5H2,1-2H3,(H,15,16)(H,17,18). The number of nitrogens with one attached hydrogen (secondary N) is 1. The van der Waals surface area contributed by atoms with E-state index in [0.717, 1.165) is 0 Å². The van der Waals surface area contributed by atoms with Gasteiger partial charge in [-0.1, -0.05) is 25.4 Å². The molecular weight excluding hydrogens is 256 g/mol. The number of halogens is 1. The molecule has 5 nitrogen and oxygen atoms in total. The summed E-state index contributed by atoms with van der Waals surface area (Å²) in [5, 5.41) is 11.8. The van der Waals surface area contributed by atoms with Gasteiger partial charge < -0.3 is 10.4 Å². The normalized spacial score (nSPS) is 12.2. The van der Waals surface area contributed by atoms with E-state index in [1.807, 2.05) is 13.8 Å². The van der Waals surface area contributed by atoms with Crippen LogP contribution in [0.3, 0.4) is 0 Å². The molecule has 1 aromatic rings. The summed E-state index contributed by atoms with van der Waals surface area (Å²) in [6, 6.07) is 2.02. The molecule has 0 saturated carbocycles. The highest BCUT2D eigenvalue weighted by Gasteiger charge is 2.22. The molecule has 0 saturated heterocycles. The van der Waals surface area contributed by atoms with Crippen molar-refractivity contribution < 1.29 is 14.7 Å². The third-order valence-corrected chi connectivity index (χ3v) is 2.50. The lowest BCUT2D eigenvalue weighted by atomic mass is 10.0. The zero-order valence-corrected chi connectivity index (χ0v) is 10.9. The molecule has 1 rings (SSSR count). The summed E-state index contributed by atoms with van der Waals surface area (Å²) in [6.07, 6.45) is 1.76. The minimum Gasteiger partial charge on any atom is -0.480 e. The van der Waals surface area contributed by atoms with Crippen molar-refractivity contribution in [2.45, 2.75) is 26.3 Å². The Morgan fingerprint density at radius 1 is 1.50 bits per heavy atom. The molecular formula is C12H15ClN2O3. The number of hydrogen-bond donors (Lipinski definition) is 2. The zero-order valence-electron chi connectivity index (χ0n) is 10.2. The van der Waals surface area contributed by atoms with Gasteiger partial charge in [-0.05, 0) is 24.5 Å². The van der Waals surface area contributed by atoms with Crippen LogP contribution in [0.5, 0.6) is 0 Å². The molecule has 0 aliphatic carbocycles. The van der Waals surface area contributed by atoms with Gasteiger partial charge in [0.2, 0.25) is 0 Å². The first-order valence-electron chi connectivity index (χ1n) is 5.55. The molecule has 1 aromatic heterocycles. The molecule has 0 aromatic carbocycles. The summed E-state index contributed by atoms with van der Waals surface area (Å²) in [7, 11) is 0. The van der Waals surface area contributed by atoms with Gasteiger partial charge in [0, 0.05) is 11.2 Å². The number of rotatable bonds is 5. The van der Waals surface area contributed by atoms with E-state index in [9.17, 15) is 9.59 Å². The molecule has 6 heteroatoms. The number of amides is 1. The van der Waals surface area contributed by atoms with Crippen LogP contribution in [-0.4, -0.2) is 28.0 Å². The van der Waals surface area contributed by atoms with E-state index in [2.05, 4.69) is 10.3 Å². The molecule has 1 unspecified atom stereocenters. The van der Waals surface area contributed by atoms with Crippen molar-refractivity contribution in [2.24, 2.45) is 5.92 Å². The Labute approximate surface area is 110 Å². The van der Waals surface area contributed by atoms with Crippen LogP contribution in [0.15, 0.2) is 18.3 Å².